The van der Waals surface area contributed by atoms with E-state index in [1.54, 1.807) is 14.2 Å². The summed E-state index contributed by atoms with van der Waals surface area (Å²) >= 11 is 0. The molecule has 0 aromatic heterocycles. The van der Waals surface area contributed by atoms with E-state index in [9.17, 15) is 0 Å². The molecule has 3 heteroatoms. The van der Waals surface area contributed by atoms with Gasteiger partial charge in [0.1, 0.15) is 11.5 Å². The molecular weight excluding hydrogens is 262 g/mol. The number of rotatable bonds is 6. The Morgan fingerprint density at radius 1 is 1.10 bits per heavy atom. The van der Waals surface area contributed by atoms with Crippen molar-refractivity contribution in [2.45, 2.75) is 44.9 Å². The van der Waals surface area contributed by atoms with E-state index in [0.29, 0.717) is 11.8 Å². The molecule has 118 valence electrons. The number of ether oxygens (including phenoxy) is 2. The van der Waals surface area contributed by atoms with Crippen LogP contribution in [-0.4, -0.2) is 27.3 Å². The highest BCUT2D eigenvalue weighted by atomic mass is 16.5. The van der Waals surface area contributed by atoms with Crippen LogP contribution in [0.15, 0.2) is 18.2 Å². The Bertz CT molecular complexity index is 433. The van der Waals surface area contributed by atoms with Crippen molar-refractivity contribution in [3.8, 4) is 11.5 Å². The maximum absolute atomic E-state index is 5.63. The van der Waals surface area contributed by atoms with Crippen molar-refractivity contribution in [1.82, 2.24) is 5.32 Å². The molecule has 0 spiro atoms. The van der Waals surface area contributed by atoms with Gasteiger partial charge in [-0.1, -0.05) is 32.3 Å². The van der Waals surface area contributed by atoms with E-state index >= 15 is 0 Å². The minimum Gasteiger partial charge on any atom is -0.497 e. The fraction of sp³-hybridized carbons (Fsp3) is 0.667. The van der Waals surface area contributed by atoms with Crippen LogP contribution in [0.1, 0.15) is 50.5 Å². The van der Waals surface area contributed by atoms with Crippen molar-refractivity contribution < 1.29 is 9.47 Å². The summed E-state index contributed by atoms with van der Waals surface area (Å²) in [6.45, 7) is 4.33. The Morgan fingerprint density at radius 3 is 2.62 bits per heavy atom. The Labute approximate surface area is 129 Å². The maximum atomic E-state index is 5.63. The third-order valence-electron chi connectivity index (χ3n) is 4.66. The van der Waals surface area contributed by atoms with Crippen molar-refractivity contribution in [1.29, 1.82) is 0 Å². The zero-order valence-corrected chi connectivity index (χ0v) is 13.7. The maximum Gasteiger partial charge on any atom is 0.126 e. The smallest absolute Gasteiger partial charge is 0.126 e. The Morgan fingerprint density at radius 2 is 1.90 bits per heavy atom. The topological polar surface area (TPSA) is 30.5 Å². The van der Waals surface area contributed by atoms with E-state index in [4.69, 9.17) is 9.47 Å². The lowest BCUT2D eigenvalue weighted by Crippen LogP contribution is -2.27. The lowest BCUT2D eigenvalue weighted by molar-refractivity contribution is 0.352. The number of nitrogens with one attached hydrogen (secondary N) is 1. The zero-order chi connectivity index (χ0) is 15.1. The molecule has 1 fully saturated rings. The van der Waals surface area contributed by atoms with E-state index in [2.05, 4.69) is 24.4 Å². The van der Waals surface area contributed by atoms with Crippen LogP contribution in [-0.2, 0) is 0 Å². The molecule has 2 atom stereocenters. The van der Waals surface area contributed by atoms with Gasteiger partial charge in [-0.15, -0.1) is 0 Å². The highest BCUT2D eigenvalue weighted by Crippen LogP contribution is 2.41. The third-order valence-corrected chi connectivity index (χ3v) is 4.66. The predicted molar refractivity (Wildman–Crippen MR) is 87.4 cm³/mol. The van der Waals surface area contributed by atoms with Gasteiger partial charge in [-0.05, 0) is 49.4 Å². The van der Waals surface area contributed by atoms with Crippen molar-refractivity contribution in [2.75, 3.05) is 27.3 Å². The Hall–Kier alpha value is -1.22. The van der Waals surface area contributed by atoms with Gasteiger partial charge in [0.2, 0.25) is 0 Å². The molecule has 0 radical (unpaired) electrons. The van der Waals surface area contributed by atoms with Gasteiger partial charge in [0.05, 0.1) is 14.2 Å². The molecule has 1 aromatic rings. The molecule has 0 aliphatic heterocycles. The van der Waals surface area contributed by atoms with Crippen molar-refractivity contribution in [3.63, 3.8) is 0 Å². The van der Waals surface area contributed by atoms with Gasteiger partial charge in [-0.3, -0.25) is 0 Å². The van der Waals surface area contributed by atoms with Crippen LogP contribution in [0.4, 0.5) is 0 Å². The first kappa shape index (κ1) is 16.2. The quantitative estimate of drug-likeness (QED) is 0.804. The molecule has 21 heavy (non-hydrogen) atoms. The molecule has 0 amide bonds. The van der Waals surface area contributed by atoms with Crippen molar-refractivity contribution in [3.05, 3.63) is 23.8 Å². The highest BCUT2D eigenvalue weighted by Gasteiger charge is 2.27. The van der Waals surface area contributed by atoms with E-state index < -0.39 is 0 Å². The molecule has 1 aliphatic rings. The van der Waals surface area contributed by atoms with Crippen LogP contribution in [0, 0.1) is 5.92 Å². The summed E-state index contributed by atoms with van der Waals surface area (Å²) in [6, 6.07) is 6.28. The van der Waals surface area contributed by atoms with Crippen LogP contribution in [0.25, 0.3) is 0 Å². The first-order valence-corrected chi connectivity index (χ1v) is 8.22. The molecule has 1 N–H and O–H groups in total. The van der Waals surface area contributed by atoms with Gasteiger partial charge in [0.25, 0.3) is 0 Å². The number of hydrogen-bond acceptors (Lipinski definition) is 3. The standard InChI is InChI=1S/C18H29NO2/c1-4-19-13-14-8-6-5-7-9-16(14)17-11-10-15(20-2)12-18(17)21-3/h10-12,14,16,19H,4-9,13H2,1-3H3. The Kier molecular flexibility index (Phi) is 6.37. The second kappa shape index (κ2) is 8.28. The summed E-state index contributed by atoms with van der Waals surface area (Å²) in [5.41, 5.74) is 1.35. The van der Waals surface area contributed by atoms with Crippen molar-refractivity contribution >= 4 is 0 Å². The summed E-state index contributed by atoms with van der Waals surface area (Å²) < 4.78 is 11.0. The summed E-state index contributed by atoms with van der Waals surface area (Å²) in [5.74, 6) is 3.14. The Balaban J connectivity index is 2.26. The fourth-order valence-corrected chi connectivity index (χ4v) is 3.49. The largest absolute Gasteiger partial charge is 0.497 e. The van der Waals surface area contributed by atoms with E-state index in [0.717, 1.165) is 24.6 Å². The number of hydrogen-bond donors (Lipinski definition) is 1. The molecule has 2 rings (SSSR count). The molecule has 1 aliphatic carbocycles. The van der Waals surface area contributed by atoms with Gasteiger partial charge in [-0.25, -0.2) is 0 Å². The lowest BCUT2D eigenvalue weighted by Gasteiger charge is -2.27. The van der Waals surface area contributed by atoms with Gasteiger partial charge < -0.3 is 14.8 Å². The summed E-state index contributed by atoms with van der Waals surface area (Å²) in [4.78, 5) is 0. The second-order valence-electron chi connectivity index (χ2n) is 5.92. The van der Waals surface area contributed by atoms with Crippen LogP contribution < -0.4 is 14.8 Å². The monoisotopic (exact) mass is 291 g/mol. The zero-order valence-electron chi connectivity index (χ0n) is 13.7. The van der Waals surface area contributed by atoms with Crippen LogP contribution in [0.3, 0.4) is 0 Å². The van der Waals surface area contributed by atoms with Gasteiger partial charge in [-0.2, -0.15) is 0 Å². The lowest BCUT2D eigenvalue weighted by atomic mass is 9.82. The molecule has 0 saturated heterocycles. The fourth-order valence-electron chi connectivity index (χ4n) is 3.49. The average molecular weight is 291 g/mol. The molecule has 1 saturated carbocycles. The summed E-state index contributed by atoms with van der Waals surface area (Å²) in [6.07, 6.45) is 6.61. The second-order valence-corrected chi connectivity index (χ2v) is 5.92. The number of methoxy groups -OCH3 is 2. The highest BCUT2D eigenvalue weighted by molar-refractivity contribution is 5.43. The van der Waals surface area contributed by atoms with E-state index in [1.165, 1.54) is 37.7 Å². The first-order valence-electron chi connectivity index (χ1n) is 8.22. The third kappa shape index (κ3) is 4.13. The summed E-state index contributed by atoms with van der Waals surface area (Å²) in [5, 5.41) is 3.54. The molecule has 0 heterocycles. The minimum atomic E-state index is 0.590. The molecule has 0 bridgehead atoms. The van der Waals surface area contributed by atoms with Crippen LogP contribution in [0.5, 0.6) is 11.5 Å². The van der Waals surface area contributed by atoms with Crippen LogP contribution in [0.2, 0.25) is 0 Å². The minimum absolute atomic E-state index is 0.590. The average Bonchev–Trinajstić information content (AvgIpc) is 2.77. The van der Waals surface area contributed by atoms with Gasteiger partial charge in [0, 0.05) is 6.07 Å². The van der Waals surface area contributed by atoms with E-state index in [-0.39, 0.29) is 0 Å². The normalized spacial score (nSPS) is 22.6. The van der Waals surface area contributed by atoms with Crippen molar-refractivity contribution in [2.24, 2.45) is 5.92 Å². The van der Waals surface area contributed by atoms with E-state index in [1.807, 2.05) is 6.07 Å². The van der Waals surface area contributed by atoms with Gasteiger partial charge >= 0.3 is 0 Å². The predicted octanol–water partition coefficient (Wildman–Crippen LogP) is 3.98. The molecule has 1 aromatic carbocycles. The number of benzene rings is 1. The molecule has 3 nitrogen and oxygen atoms in total. The molecular formula is C18H29NO2. The van der Waals surface area contributed by atoms with Crippen LogP contribution >= 0.6 is 0 Å². The first-order chi connectivity index (χ1) is 10.3. The summed E-state index contributed by atoms with van der Waals surface area (Å²) in [7, 11) is 3.46. The SMILES string of the molecule is CCNCC1CCCCCC1c1ccc(OC)cc1OC. The van der Waals surface area contributed by atoms with Gasteiger partial charge in [0.15, 0.2) is 0 Å². The molecule has 2 unspecified atom stereocenters.